The second-order valence-electron chi connectivity index (χ2n) is 6.13. The maximum atomic E-state index is 12.2. The Morgan fingerprint density at radius 2 is 1.77 bits per heavy atom. The van der Waals surface area contributed by atoms with Gasteiger partial charge in [0.1, 0.15) is 16.5 Å². The SMILES string of the molecule is CN(C)Cc1nc(CC(=O)Nc2ccc(Oc3ccccc3)cc2)cs1. The first-order chi connectivity index (χ1) is 12.6. The van der Waals surface area contributed by atoms with Gasteiger partial charge in [-0.1, -0.05) is 18.2 Å². The van der Waals surface area contributed by atoms with E-state index in [4.69, 9.17) is 4.74 Å². The van der Waals surface area contributed by atoms with Crippen LogP contribution < -0.4 is 10.1 Å². The van der Waals surface area contributed by atoms with Gasteiger partial charge in [-0.3, -0.25) is 4.79 Å². The molecule has 1 amide bonds. The topological polar surface area (TPSA) is 54.5 Å². The first kappa shape index (κ1) is 18.1. The zero-order valence-electron chi connectivity index (χ0n) is 14.8. The molecule has 6 heteroatoms. The Morgan fingerprint density at radius 1 is 1.08 bits per heavy atom. The van der Waals surface area contributed by atoms with Gasteiger partial charge in [-0.05, 0) is 50.5 Å². The largest absolute Gasteiger partial charge is 0.457 e. The number of nitrogens with one attached hydrogen (secondary N) is 1. The predicted molar refractivity (Wildman–Crippen MR) is 105 cm³/mol. The number of amides is 1. The van der Waals surface area contributed by atoms with Gasteiger partial charge in [0.25, 0.3) is 0 Å². The van der Waals surface area contributed by atoms with E-state index in [9.17, 15) is 4.79 Å². The highest BCUT2D eigenvalue weighted by Crippen LogP contribution is 2.22. The van der Waals surface area contributed by atoms with Crippen LogP contribution in [0.3, 0.4) is 0 Å². The highest BCUT2D eigenvalue weighted by Gasteiger charge is 2.09. The smallest absolute Gasteiger partial charge is 0.230 e. The van der Waals surface area contributed by atoms with Crippen molar-refractivity contribution in [2.75, 3.05) is 19.4 Å². The number of hydrogen-bond donors (Lipinski definition) is 1. The summed E-state index contributed by atoms with van der Waals surface area (Å²) in [5, 5.41) is 5.85. The summed E-state index contributed by atoms with van der Waals surface area (Å²) >= 11 is 1.58. The van der Waals surface area contributed by atoms with Gasteiger partial charge < -0.3 is 15.0 Å². The predicted octanol–water partition coefficient (Wildman–Crippen LogP) is 4.18. The normalized spacial score (nSPS) is 10.7. The van der Waals surface area contributed by atoms with Gasteiger partial charge >= 0.3 is 0 Å². The summed E-state index contributed by atoms with van der Waals surface area (Å²) in [6, 6.07) is 16.9. The van der Waals surface area contributed by atoms with Gasteiger partial charge in [-0.25, -0.2) is 4.98 Å². The lowest BCUT2D eigenvalue weighted by Crippen LogP contribution is -2.15. The molecule has 0 atom stereocenters. The highest BCUT2D eigenvalue weighted by molar-refractivity contribution is 7.09. The average Bonchev–Trinajstić information content (AvgIpc) is 3.03. The fraction of sp³-hybridized carbons (Fsp3) is 0.200. The van der Waals surface area contributed by atoms with E-state index in [1.807, 2.05) is 74.1 Å². The summed E-state index contributed by atoms with van der Waals surface area (Å²) < 4.78 is 5.74. The van der Waals surface area contributed by atoms with Crippen molar-refractivity contribution < 1.29 is 9.53 Å². The van der Waals surface area contributed by atoms with Gasteiger partial charge in [-0.2, -0.15) is 0 Å². The first-order valence-electron chi connectivity index (χ1n) is 8.29. The van der Waals surface area contributed by atoms with E-state index in [1.54, 1.807) is 11.3 Å². The van der Waals surface area contributed by atoms with Crippen molar-refractivity contribution in [3.8, 4) is 11.5 Å². The number of hydrogen-bond acceptors (Lipinski definition) is 5. The van der Waals surface area contributed by atoms with E-state index in [-0.39, 0.29) is 12.3 Å². The number of ether oxygens (including phenoxy) is 1. The molecule has 0 radical (unpaired) electrons. The Bertz CT molecular complexity index is 845. The molecule has 0 spiro atoms. The number of carbonyl (C=O) groups is 1. The van der Waals surface area contributed by atoms with E-state index in [0.717, 1.165) is 34.4 Å². The van der Waals surface area contributed by atoms with Crippen molar-refractivity contribution in [2.45, 2.75) is 13.0 Å². The van der Waals surface area contributed by atoms with Crippen LogP contribution in [0.5, 0.6) is 11.5 Å². The minimum atomic E-state index is -0.0802. The lowest BCUT2D eigenvalue weighted by molar-refractivity contribution is -0.115. The molecule has 0 unspecified atom stereocenters. The molecule has 0 fully saturated rings. The third kappa shape index (κ3) is 5.40. The monoisotopic (exact) mass is 367 g/mol. The Balaban J connectivity index is 1.53. The first-order valence-corrected chi connectivity index (χ1v) is 9.17. The van der Waals surface area contributed by atoms with Crippen LogP contribution in [0.25, 0.3) is 0 Å². The van der Waals surface area contributed by atoms with Crippen LogP contribution in [0.2, 0.25) is 0 Å². The van der Waals surface area contributed by atoms with E-state index in [2.05, 4.69) is 15.2 Å². The highest BCUT2D eigenvalue weighted by atomic mass is 32.1. The summed E-state index contributed by atoms with van der Waals surface area (Å²) in [4.78, 5) is 18.7. The number of carbonyl (C=O) groups excluding carboxylic acids is 1. The number of benzene rings is 2. The van der Waals surface area contributed by atoms with Crippen molar-refractivity contribution in [3.05, 3.63) is 70.7 Å². The van der Waals surface area contributed by atoms with Crippen LogP contribution in [0.15, 0.2) is 60.0 Å². The number of thiazole rings is 1. The second-order valence-corrected chi connectivity index (χ2v) is 7.08. The van der Waals surface area contributed by atoms with Gasteiger partial charge in [-0.15, -0.1) is 11.3 Å². The van der Waals surface area contributed by atoms with Crippen molar-refractivity contribution in [1.82, 2.24) is 9.88 Å². The molecule has 2 aromatic carbocycles. The molecule has 5 nitrogen and oxygen atoms in total. The quantitative estimate of drug-likeness (QED) is 0.681. The zero-order valence-corrected chi connectivity index (χ0v) is 15.6. The Hall–Kier alpha value is -2.70. The number of rotatable bonds is 7. The molecule has 0 saturated heterocycles. The molecule has 26 heavy (non-hydrogen) atoms. The molecule has 3 aromatic rings. The van der Waals surface area contributed by atoms with Gasteiger partial charge in [0.05, 0.1) is 12.1 Å². The number of para-hydroxylation sites is 1. The summed E-state index contributed by atoms with van der Waals surface area (Å²) in [6.45, 7) is 0.787. The minimum Gasteiger partial charge on any atom is -0.457 e. The summed E-state index contributed by atoms with van der Waals surface area (Å²) in [5.74, 6) is 1.42. The van der Waals surface area contributed by atoms with Crippen molar-refractivity contribution in [3.63, 3.8) is 0 Å². The molecule has 134 valence electrons. The fourth-order valence-corrected chi connectivity index (χ4v) is 3.28. The summed E-state index contributed by atoms with van der Waals surface area (Å²) in [5.41, 5.74) is 1.53. The van der Waals surface area contributed by atoms with E-state index >= 15 is 0 Å². The van der Waals surface area contributed by atoms with Gasteiger partial charge in [0.2, 0.25) is 5.91 Å². The Morgan fingerprint density at radius 3 is 2.46 bits per heavy atom. The van der Waals surface area contributed by atoms with Gasteiger partial charge in [0.15, 0.2) is 0 Å². The van der Waals surface area contributed by atoms with Crippen LogP contribution in [-0.4, -0.2) is 29.9 Å². The molecule has 0 aliphatic heterocycles. The molecule has 1 heterocycles. The van der Waals surface area contributed by atoms with E-state index < -0.39 is 0 Å². The molecule has 0 bridgehead atoms. The second kappa shape index (κ2) is 8.60. The fourth-order valence-electron chi connectivity index (χ4n) is 2.37. The van der Waals surface area contributed by atoms with Crippen LogP contribution in [0, 0.1) is 0 Å². The zero-order chi connectivity index (χ0) is 18.4. The molecule has 0 saturated carbocycles. The van der Waals surface area contributed by atoms with Crippen molar-refractivity contribution in [2.24, 2.45) is 0 Å². The molecule has 1 N–H and O–H groups in total. The maximum Gasteiger partial charge on any atom is 0.230 e. The van der Waals surface area contributed by atoms with Crippen molar-refractivity contribution >= 4 is 22.9 Å². The standard InChI is InChI=1S/C20H21N3O2S/c1-23(2)13-20-22-16(14-26-20)12-19(24)21-15-8-10-18(11-9-15)25-17-6-4-3-5-7-17/h3-11,14H,12-13H2,1-2H3,(H,21,24). The van der Waals surface area contributed by atoms with Crippen LogP contribution in [0.4, 0.5) is 5.69 Å². The van der Waals surface area contributed by atoms with Crippen LogP contribution in [-0.2, 0) is 17.8 Å². The summed E-state index contributed by atoms with van der Waals surface area (Å²) in [7, 11) is 4.00. The third-order valence-electron chi connectivity index (χ3n) is 3.51. The third-order valence-corrected chi connectivity index (χ3v) is 4.39. The molecule has 3 rings (SSSR count). The molecule has 0 aliphatic carbocycles. The lowest BCUT2D eigenvalue weighted by atomic mass is 10.2. The van der Waals surface area contributed by atoms with Gasteiger partial charge in [0, 0.05) is 17.6 Å². The van der Waals surface area contributed by atoms with Crippen molar-refractivity contribution in [1.29, 1.82) is 0 Å². The number of nitrogens with zero attached hydrogens (tertiary/aromatic N) is 2. The minimum absolute atomic E-state index is 0.0802. The van der Waals surface area contributed by atoms with Crippen LogP contribution >= 0.6 is 11.3 Å². The summed E-state index contributed by atoms with van der Waals surface area (Å²) in [6.07, 6.45) is 0.270. The molecule has 0 aliphatic rings. The van der Waals surface area contributed by atoms with E-state index in [1.165, 1.54) is 0 Å². The van der Waals surface area contributed by atoms with Crippen LogP contribution in [0.1, 0.15) is 10.7 Å². The molecular weight excluding hydrogens is 346 g/mol. The number of aromatic nitrogens is 1. The number of anilines is 1. The molecular formula is C20H21N3O2S. The Kier molecular flexibility index (Phi) is 5.99. The Labute approximate surface area is 157 Å². The average molecular weight is 367 g/mol. The maximum absolute atomic E-state index is 12.2. The molecule has 1 aromatic heterocycles. The van der Waals surface area contributed by atoms with E-state index in [0.29, 0.717) is 0 Å². The lowest BCUT2D eigenvalue weighted by Gasteiger charge is -2.08.